The van der Waals surface area contributed by atoms with Crippen molar-refractivity contribution in [2.45, 2.75) is 59.0 Å². The van der Waals surface area contributed by atoms with E-state index in [4.69, 9.17) is 0 Å². The maximum absolute atomic E-state index is 9.88. The van der Waals surface area contributed by atoms with Crippen molar-refractivity contribution in [3.05, 3.63) is 0 Å². The molecule has 1 saturated carbocycles. The SMILES string of the molecule is CC(C)(C)[C@@H]1CCCCC[C@@H]1O. The second-order valence-electron chi connectivity index (χ2n) is 5.18. The van der Waals surface area contributed by atoms with Gasteiger partial charge in [0.15, 0.2) is 0 Å². The van der Waals surface area contributed by atoms with Crippen LogP contribution in [0.5, 0.6) is 0 Å². The third-order valence-electron chi connectivity index (χ3n) is 3.09. The van der Waals surface area contributed by atoms with E-state index in [9.17, 15) is 5.11 Å². The largest absolute Gasteiger partial charge is 0.393 e. The molecule has 1 N–H and O–H groups in total. The molecule has 1 aliphatic carbocycles. The Kier molecular flexibility index (Phi) is 3.16. The van der Waals surface area contributed by atoms with E-state index < -0.39 is 0 Å². The number of aliphatic hydroxyl groups excluding tert-OH is 1. The lowest BCUT2D eigenvalue weighted by atomic mass is 9.75. The van der Waals surface area contributed by atoms with Crippen LogP contribution in [0, 0.1) is 11.3 Å². The standard InChI is InChI=1S/C11H22O/c1-11(2,3)9-7-5-4-6-8-10(9)12/h9-10,12H,4-8H2,1-3H3/t9-,10+/m1/s1. The normalized spacial score (nSPS) is 33.0. The van der Waals surface area contributed by atoms with E-state index in [1.54, 1.807) is 0 Å². The van der Waals surface area contributed by atoms with Crippen molar-refractivity contribution in [1.29, 1.82) is 0 Å². The van der Waals surface area contributed by atoms with Gasteiger partial charge in [-0.15, -0.1) is 0 Å². The quantitative estimate of drug-likeness (QED) is 0.554. The van der Waals surface area contributed by atoms with Crippen LogP contribution in [0.2, 0.25) is 0 Å². The zero-order valence-corrected chi connectivity index (χ0v) is 8.64. The molecular weight excluding hydrogens is 148 g/mol. The van der Waals surface area contributed by atoms with Gasteiger partial charge in [0.2, 0.25) is 0 Å². The average Bonchev–Trinajstić information content (AvgIpc) is 2.11. The number of hydrogen-bond acceptors (Lipinski definition) is 1. The topological polar surface area (TPSA) is 20.2 Å². The minimum Gasteiger partial charge on any atom is -0.393 e. The van der Waals surface area contributed by atoms with Crippen LogP contribution in [0.3, 0.4) is 0 Å². The fourth-order valence-electron chi connectivity index (χ4n) is 2.30. The smallest absolute Gasteiger partial charge is 0.0573 e. The number of hydrogen-bond donors (Lipinski definition) is 1. The molecule has 0 bridgehead atoms. The lowest BCUT2D eigenvalue weighted by Gasteiger charge is -2.33. The van der Waals surface area contributed by atoms with Gasteiger partial charge >= 0.3 is 0 Å². The number of aliphatic hydroxyl groups is 1. The molecule has 72 valence electrons. The van der Waals surface area contributed by atoms with Gasteiger partial charge in [0.25, 0.3) is 0 Å². The Morgan fingerprint density at radius 2 is 1.58 bits per heavy atom. The van der Waals surface area contributed by atoms with Crippen molar-refractivity contribution >= 4 is 0 Å². The number of rotatable bonds is 0. The predicted octanol–water partition coefficient (Wildman–Crippen LogP) is 2.97. The first-order valence-electron chi connectivity index (χ1n) is 5.20. The van der Waals surface area contributed by atoms with E-state index in [0.717, 1.165) is 6.42 Å². The molecule has 1 nitrogen and oxygen atoms in total. The molecule has 2 atom stereocenters. The molecule has 1 rings (SSSR count). The summed E-state index contributed by atoms with van der Waals surface area (Å²) in [6.45, 7) is 6.73. The van der Waals surface area contributed by atoms with E-state index >= 15 is 0 Å². The van der Waals surface area contributed by atoms with E-state index in [0.29, 0.717) is 5.92 Å². The molecule has 0 radical (unpaired) electrons. The molecule has 0 aromatic rings. The molecule has 0 heterocycles. The fourth-order valence-corrected chi connectivity index (χ4v) is 2.30. The van der Waals surface area contributed by atoms with Crippen molar-refractivity contribution in [3.8, 4) is 0 Å². The van der Waals surface area contributed by atoms with Crippen molar-refractivity contribution in [2.24, 2.45) is 11.3 Å². The molecule has 1 aliphatic rings. The molecule has 0 amide bonds. The van der Waals surface area contributed by atoms with Crippen LogP contribution in [0.1, 0.15) is 52.9 Å². The summed E-state index contributed by atoms with van der Waals surface area (Å²) in [7, 11) is 0. The van der Waals surface area contributed by atoms with Gasteiger partial charge in [-0.2, -0.15) is 0 Å². The highest BCUT2D eigenvalue weighted by molar-refractivity contribution is 4.82. The molecule has 0 spiro atoms. The van der Waals surface area contributed by atoms with Crippen LogP contribution in [0.4, 0.5) is 0 Å². The average molecular weight is 170 g/mol. The summed E-state index contributed by atoms with van der Waals surface area (Å²) in [5, 5.41) is 9.88. The van der Waals surface area contributed by atoms with Gasteiger partial charge in [0, 0.05) is 0 Å². The molecule has 0 saturated heterocycles. The lowest BCUT2D eigenvalue weighted by molar-refractivity contribution is 0.0377. The monoisotopic (exact) mass is 170 g/mol. The summed E-state index contributed by atoms with van der Waals surface area (Å²) in [5.74, 6) is 0.514. The lowest BCUT2D eigenvalue weighted by Crippen LogP contribution is -2.31. The Morgan fingerprint density at radius 1 is 1.00 bits per heavy atom. The van der Waals surface area contributed by atoms with Gasteiger partial charge < -0.3 is 5.11 Å². The summed E-state index contributed by atoms with van der Waals surface area (Å²) in [4.78, 5) is 0. The third kappa shape index (κ3) is 2.48. The van der Waals surface area contributed by atoms with Crippen molar-refractivity contribution in [2.75, 3.05) is 0 Å². The fraction of sp³-hybridized carbons (Fsp3) is 1.00. The predicted molar refractivity (Wildman–Crippen MR) is 52.0 cm³/mol. The minimum absolute atomic E-state index is 0.0486. The first kappa shape index (κ1) is 10.0. The minimum atomic E-state index is -0.0486. The van der Waals surface area contributed by atoms with Crippen LogP contribution < -0.4 is 0 Å². The van der Waals surface area contributed by atoms with Crippen molar-refractivity contribution in [1.82, 2.24) is 0 Å². The summed E-state index contributed by atoms with van der Waals surface area (Å²) in [5.41, 5.74) is 0.282. The summed E-state index contributed by atoms with van der Waals surface area (Å²) >= 11 is 0. The van der Waals surface area contributed by atoms with Gasteiger partial charge in [-0.05, 0) is 24.2 Å². The Labute approximate surface area is 76.2 Å². The molecule has 0 unspecified atom stereocenters. The first-order chi connectivity index (χ1) is 5.52. The van der Waals surface area contributed by atoms with E-state index in [1.807, 2.05) is 0 Å². The summed E-state index contributed by atoms with van der Waals surface area (Å²) in [6, 6.07) is 0. The second kappa shape index (κ2) is 3.78. The zero-order chi connectivity index (χ0) is 9.19. The zero-order valence-electron chi connectivity index (χ0n) is 8.64. The molecule has 0 aromatic carbocycles. The molecule has 0 aliphatic heterocycles. The van der Waals surface area contributed by atoms with Crippen LogP contribution in [-0.4, -0.2) is 11.2 Å². The molecular formula is C11H22O. The van der Waals surface area contributed by atoms with Crippen LogP contribution >= 0.6 is 0 Å². The van der Waals surface area contributed by atoms with Gasteiger partial charge in [-0.1, -0.05) is 40.0 Å². The van der Waals surface area contributed by atoms with Crippen LogP contribution in [0.15, 0.2) is 0 Å². The second-order valence-corrected chi connectivity index (χ2v) is 5.18. The van der Waals surface area contributed by atoms with Gasteiger partial charge in [0.1, 0.15) is 0 Å². The van der Waals surface area contributed by atoms with Crippen LogP contribution in [-0.2, 0) is 0 Å². The van der Waals surface area contributed by atoms with Gasteiger partial charge in [0.05, 0.1) is 6.10 Å². The van der Waals surface area contributed by atoms with E-state index in [2.05, 4.69) is 20.8 Å². The molecule has 1 heteroatoms. The first-order valence-corrected chi connectivity index (χ1v) is 5.20. The third-order valence-corrected chi connectivity index (χ3v) is 3.09. The Bertz CT molecular complexity index is 134. The maximum atomic E-state index is 9.88. The van der Waals surface area contributed by atoms with Crippen molar-refractivity contribution in [3.63, 3.8) is 0 Å². The molecule has 0 aromatic heterocycles. The summed E-state index contributed by atoms with van der Waals surface area (Å²) in [6.07, 6.45) is 6.01. The van der Waals surface area contributed by atoms with Crippen LogP contribution in [0.25, 0.3) is 0 Å². The Morgan fingerprint density at radius 3 is 2.17 bits per heavy atom. The Hall–Kier alpha value is -0.0400. The van der Waals surface area contributed by atoms with E-state index in [-0.39, 0.29) is 11.5 Å². The van der Waals surface area contributed by atoms with E-state index in [1.165, 1.54) is 25.7 Å². The highest BCUT2D eigenvalue weighted by Crippen LogP contribution is 2.36. The molecule has 12 heavy (non-hydrogen) atoms. The van der Waals surface area contributed by atoms with Gasteiger partial charge in [-0.3, -0.25) is 0 Å². The highest BCUT2D eigenvalue weighted by Gasteiger charge is 2.31. The van der Waals surface area contributed by atoms with Crippen molar-refractivity contribution < 1.29 is 5.11 Å². The van der Waals surface area contributed by atoms with Gasteiger partial charge in [-0.25, -0.2) is 0 Å². The maximum Gasteiger partial charge on any atom is 0.0573 e. The molecule has 1 fully saturated rings. The Balaban J connectivity index is 2.59. The summed E-state index contributed by atoms with van der Waals surface area (Å²) < 4.78 is 0. The highest BCUT2D eigenvalue weighted by atomic mass is 16.3.